The molecule has 2 aliphatic carbocycles. The van der Waals surface area contributed by atoms with Crippen LogP contribution >= 0.6 is 11.8 Å². The zero-order valence-electron chi connectivity index (χ0n) is 16.4. The van der Waals surface area contributed by atoms with E-state index in [-0.39, 0.29) is 22.2 Å². The van der Waals surface area contributed by atoms with E-state index in [9.17, 15) is 4.79 Å². The van der Waals surface area contributed by atoms with E-state index in [0.29, 0.717) is 0 Å². The van der Waals surface area contributed by atoms with Gasteiger partial charge in [0.05, 0.1) is 5.75 Å². The van der Waals surface area contributed by atoms with Crippen LogP contribution in [0.4, 0.5) is 5.69 Å². The molecule has 0 saturated heterocycles. The molecule has 2 fully saturated rings. The largest absolute Gasteiger partial charge is 0.377 e. The zero-order chi connectivity index (χ0) is 19.4. The minimum atomic E-state index is -0.108. The maximum Gasteiger partial charge on any atom is 0.234 e. The van der Waals surface area contributed by atoms with Gasteiger partial charge in [-0.25, -0.2) is 0 Å². The topological polar surface area (TPSA) is 93.5 Å². The predicted molar refractivity (Wildman–Crippen MR) is 115 cm³/mol. The Morgan fingerprint density at radius 1 is 1.22 bits per heavy atom. The molecule has 2 saturated carbocycles. The van der Waals surface area contributed by atoms with Crippen LogP contribution in [0.15, 0.2) is 29.4 Å². The Morgan fingerprint density at radius 2 is 1.85 bits per heavy atom. The smallest absolute Gasteiger partial charge is 0.234 e. The summed E-state index contributed by atoms with van der Waals surface area (Å²) in [6.45, 7) is 4.77. The van der Waals surface area contributed by atoms with E-state index in [2.05, 4.69) is 36.4 Å². The highest BCUT2D eigenvalue weighted by atomic mass is 32.2. The van der Waals surface area contributed by atoms with E-state index in [1.165, 1.54) is 44.1 Å². The van der Waals surface area contributed by atoms with Gasteiger partial charge in [-0.3, -0.25) is 4.79 Å². The van der Waals surface area contributed by atoms with Crippen LogP contribution in [0, 0.1) is 17.8 Å². The van der Waals surface area contributed by atoms with Crippen LogP contribution < -0.4 is 16.9 Å². The Balaban J connectivity index is 1.61. The van der Waals surface area contributed by atoms with Crippen LogP contribution in [0.2, 0.25) is 0 Å². The SMILES string of the molecule is CCC1CC2CC(C1)CC(C)(c1ccc(NC(=O)CS/C(N)=N/N)cc1)C2. The number of carbonyl (C=O) groups is 1. The summed E-state index contributed by atoms with van der Waals surface area (Å²) in [6, 6.07) is 8.42. The van der Waals surface area contributed by atoms with E-state index in [1.807, 2.05) is 12.1 Å². The second-order valence-corrected chi connectivity index (χ2v) is 9.56. The summed E-state index contributed by atoms with van der Waals surface area (Å²) in [4.78, 5) is 12.0. The normalized spacial score (nSPS) is 30.7. The van der Waals surface area contributed by atoms with Crippen molar-refractivity contribution in [3.8, 4) is 0 Å². The number of carbonyl (C=O) groups excluding carboxylic acids is 1. The molecule has 2 unspecified atom stereocenters. The lowest BCUT2D eigenvalue weighted by molar-refractivity contribution is -0.113. The fourth-order valence-electron chi connectivity index (χ4n) is 5.29. The van der Waals surface area contributed by atoms with E-state index in [4.69, 9.17) is 11.6 Å². The summed E-state index contributed by atoms with van der Waals surface area (Å²) in [7, 11) is 0. The first-order valence-electron chi connectivity index (χ1n) is 9.98. The van der Waals surface area contributed by atoms with Crippen molar-refractivity contribution in [2.45, 2.75) is 57.8 Å². The van der Waals surface area contributed by atoms with Gasteiger partial charge in [-0.15, -0.1) is 0 Å². The van der Waals surface area contributed by atoms with Gasteiger partial charge in [0.15, 0.2) is 5.17 Å². The molecule has 0 aromatic heterocycles. The van der Waals surface area contributed by atoms with Crippen molar-refractivity contribution >= 4 is 28.5 Å². The van der Waals surface area contributed by atoms with Gasteiger partial charge < -0.3 is 16.9 Å². The fourth-order valence-corrected chi connectivity index (χ4v) is 5.72. The number of anilines is 1. The first kappa shape index (κ1) is 20.1. The summed E-state index contributed by atoms with van der Waals surface area (Å²) < 4.78 is 0. The number of nitrogens with one attached hydrogen (secondary N) is 1. The molecular weight excluding hydrogens is 356 g/mol. The molecule has 5 nitrogen and oxygen atoms in total. The highest BCUT2D eigenvalue weighted by Crippen LogP contribution is 2.51. The molecule has 2 aliphatic rings. The van der Waals surface area contributed by atoms with Crippen molar-refractivity contribution in [1.82, 2.24) is 0 Å². The number of hydrazone groups is 1. The Bertz CT molecular complexity index is 674. The van der Waals surface area contributed by atoms with Crippen molar-refractivity contribution in [2.75, 3.05) is 11.1 Å². The molecule has 0 radical (unpaired) electrons. The maximum absolute atomic E-state index is 12.0. The Labute approximate surface area is 166 Å². The quantitative estimate of drug-likeness (QED) is 0.307. The molecule has 1 aromatic rings. The van der Waals surface area contributed by atoms with Crippen LogP contribution in [0.5, 0.6) is 0 Å². The molecule has 3 rings (SSSR count). The zero-order valence-corrected chi connectivity index (χ0v) is 17.2. The van der Waals surface area contributed by atoms with E-state index in [0.717, 1.165) is 35.2 Å². The molecule has 148 valence electrons. The molecule has 0 aliphatic heterocycles. The molecule has 6 heteroatoms. The average molecular weight is 389 g/mol. The summed E-state index contributed by atoms with van der Waals surface area (Å²) in [5, 5.41) is 6.47. The number of rotatable bonds is 5. The van der Waals surface area contributed by atoms with Crippen molar-refractivity contribution in [1.29, 1.82) is 0 Å². The minimum Gasteiger partial charge on any atom is -0.377 e. The lowest BCUT2D eigenvalue weighted by atomic mass is 9.57. The molecule has 2 atom stereocenters. The van der Waals surface area contributed by atoms with Gasteiger partial charge in [0.2, 0.25) is 5.91 Å². The van der Waals surface area contributed by atoms with Crippen molar-refractivity contribution < 1.29 is 4.79 Å². The molecular formula is C21H32N4OS. The Hall–Kier alpha value is -1.69. The molecule has 5 N–H and O–H groups in total. The minimum absolute atomic E-state index is 0.108. The third kappa shape index (κ3) is 4.98. The van der Waals surface area contributed by atoms with Crippen molar-refractivity contribution in [2.24, 2.45) is 34.4 Å². The van der Waals surface area contributed by atoms with Crippen LogP contribution in [0.25, 0.3) is 0 Å². The monoisotopic (exact) mass is 388 g/mol. The second-order valence-electron chi connectivity index (χ2n) is 8.56. The van der Waals surface area contributed by atoms with E-state index >= 15 is 0 Å². The molecule has 2 bridgehead atoms. The van der Waals surface area contributed by atoms with Crippen LogP contribution in [0.3, 0.4) is 0 Å². The number of nitrogens with two attached hydrogens (primary N) is 2. The summed E-state index contributed by atoms with van der Waals surface area (Å²) in [6.07, 6.45) is 8.15. The van der Waals surface area contributed by atoms with Gasteiger partial charge in [-0.1, -0.05) is 44.2 Å². The predicted octanol–water partition coefficient (Wildman–Crippen LogP) is 4.04. The number of amides is 1. The highest BCUT2D eigenvalue weighted by Gasteiger charge is 2.42. The van der Waals surface area contributed by atoms with Gasteiger partial charge in [-0.2, -0.15) is 5.10 Å². The second kappa shape index (κ2) is 8.55. The Kier molecular flexibility index (Phi) is 6.35. The molecule has 27 heavy (non-hydrogen) atoms. The van der Waals surface area contributed by atoms with Crippen LogP contribution in [-0.2, 0) is 10.2 Å². The van der Waals surface area contributed by atoms with E-state index in [1.54, 1.807) is 0 Å². The summed E-state index contributed by atoms with van der Waals surface area (Å²) in [5.41, 5.74) is 7.98. The third-order valence-corrected chi connectivity index (χ3v) is 7.21. The molecule has 1 aromatic carbocycles. The lowest BCUT2D eigenvalue weighted by Crippen LogP contribution is -2.39. The van der Waals surface area contributed by atoms with Crippen molar-refractivity contribution in [3.63, 3.8) is 0 Å². The number of fused-ring (bicyclic) bond motifs is 2. The Morgan fingerprint density at radius 3 is 2.41 bits per heavy atom. The van der Waals surface area contributed by atoms with Crippen LogP contribution in [-0.4, -0.2) is 16.8 Å². The van der Waals surface area contributed by atoms with Crippen molar-refractivity contribution in [3.05, 3.63) is 29.8 Å². The average Bonchev–Trinajstić information content (AvgIpc) is 2.65. The van der Waals surface area contributed by atoms with Crippen LogP contribution in [0.1, 0.15) is 57.9 Å². The standard InChI is InChI=1S/C21H32N4OS/c1-3-14-8-15-10-16(9-14)12-21(2,11-15)17-4-6-18(7-5-17)24-19(26)13-27-20(22)25-23/h4-7,14-16H,3,8-13,23H2,1-2H3,(H2,22,25)(H,24,26). The first-order chi connectivity index (χ1) is 12.9. The van der Waals surface area contributed by atoms with Gasteiger partial charge in [0, 0.05) is 5.69 Å². The molecule has 0 heterocycles. The summed E-state index contributed by atoms with van der Waals surface area (Å²) in [5.74, 6) is 7.85. The lowest BCUT2D eigenvalue weighted by Gasteiger charge is -2.48. The van der Waals surface area contributed by atoms with Gasteiger partial charge in [0.25, 0.3) is 0 Å². The number of amidine groups is 1. The molecule has 1 amide bonds. The maximum atomic E-state index is 12.0. The number of benzene rings is 1. The number of hydrogen-bond donors (Lipinski definition) is 3. The summed E-state index contributed by atoms with van der Waals surface area (Å²) >= 11 is 1.13. The first-order valence-corrected chi connectivity index (χ1v) is 11.0. The highest BCUT2D eigenvalue weighted by molar-refractivity contribution is 8.14. The van der Waals surface area contributed by atoms with Gasteiger partial charge in [0.1, 0.15) is 0 Å². The van der Waals surface area contributed by atoms with Gasteiger partial charge >= 0.3 is 0 Å². The molecule has 0 spiro atoms. The number of hydrogen-bond acceptors (Lipinski definition) is 4. The fraction of sp³-hybridized carbons (Fsp3) is 0.619. The number of nitrogens with zero attached hydrogens (tertiary/aromatic N) is 1. The number of thioether (sulfide) groups is 1. The van der Waals surface area contributed by atoms with Gasteiger partial charge in [-0.05, 0) is 73.0 Å². The van der Waals surface area contributed by atoms with E-state index < -0.39 is 0 Å². The third-order valence-electron chi connectivity index (χ3n) is 6.40.